The van der Waals surface area contributed by atoms with Crippen LogP contribution in [0, 0.1) is 5.92 Å². The lowest BCUT2D eigenvalue weighted by Gasteiger charge is -2.30. The quantitative estimate of drug-likeness (QED) is 0.767. The highest BCUT2D eigenvalue weighted by Crippen LogP contribution is 2.20. The van der Waals surface area contributed by atoms with Crippen molar-refractivity contribution in [2.75, 3.05) is 26.2 Å². The average Bonchev–Trinajstić information content (AvgIpc) is 2.54. The number of hydrogen-bond acceptors (Lipinski definition) is 3. The predicted octanol–water partition coefficient (Wildman–Crippen LogP) is 2.31. The molecule has 23 heavy (non-hydrogen) atoms. The van der Waals surface area contributed by atoms with E-state index in [-0.39, 0.29) is 17.7 Å². The second-order valence-electron chi connectivity index (χ2n) is 5.75. The fraction of sp³-hybridized carbons (Fsp3) is 0.500. The van der Waals surface area contributed by atoms with Gasteiger partial charge in [0.15, 0.2) is 0 Å². The summed E-state index contributed by atoms with van der Waals surface area (Å²) in [6.07, 6.45) is 2.48. The molecule has 0 aromatic heterocycles. The van der Waals surface area contributed by atoms with E-state index >= 15 is 0 Å². The molecule has 1 aromatic rings. The summed E-state index contributed by atoms with van der Waals surface area (Å²) < 4.78 is 0. The third-order valence-electron chi connectivity index (χ3n) is 4.10. The first kappa shape index (κ1) is 18.0. The molecule has 0 unspecified atom stereocenters. The van der Waals surface area contributed by atoms with Gasteiger partial charge in [-0.1, -0.05) is 23.2 Å². The summed E-state index contributed by atoms with van der Waals surface area (Å²) in [7, 11) is 0. The summed E-state index contributed by atoms with van der Waals surface area (Å²) in [5.41, 5.74) is 5.71. The summed E-state index contributed by atoms with van der Waals surface area (Å²) in [5, 5.41) is 3.72. The minimum absolute atomic E-state index is 0.0101. The molecule has 126 valence electrons. The molecule has 3 N–H and O–H groups in total. The van der Waals surface area contributed by atoms with Crippen LogP contribution in [0.15, 0.2) is 18.2 Å². The Morgan fingerprint density at radius 2 is 1.96 bits per heavy atom. The average molecular weight is 358 g/mol. The second-order valence-corrected chi connectivity index (χ2v) is 6.60. The molecular weight excluding hydrogens is 337 g/mol. The molecular formula is C16H21Cl2N3O2. The van der Waals surface area contributed by atoms with Crippen molar-refractivity contribution in [2.45, 2.75) is 19.3 Å². The van der Waals surface area contributed by atoms with Gasteiger partial charge in [-0.2, -0.15) is 0 Å². The SMILES string of the molecule is NC(=O)C1CCN(CCCNC(=O)c2cc(Cl)ccc2Cl)CC1. The molecule has 0 saturated carbocycles. The van der Waals surface area contributed by atoms with E-state index in [2.05, 4.69) is 10.2 Å². The monoisotopic (exact) mass is 357 g/mol. The van der Waals surface area contributed by atoms with Crippen molar-refractivity contribution in [2.24, 2.45) is 11.7 Å². The molecule has 0 spiro atoms. The van der Waals surface area contributed by atoms with Crippen molar-refractivity contribution in [1.82, 2.24) is 10.2 Å². The first-order chi connectivity index (χ1) is 11.0. The topological polar surface area (TPSA) is 75.4 Å². The number of rotatable bonds is 6. The van der Waals surface area contributed by atoms with Crippen LogP contribution >= 0.6 is 23.2 Å². The standard InChI is InChI=1S/C16H21Cl2N3O2/c17-12-2-3-14(18)13(10-12)16(23)20-6-1-7-21-8-4-11(5-9-21)15(19)22/h2-3,10-11H,1,4-9H2,(H2,19,22)(H,20,23). The van der Waals surface area contributed by atoms with Gasteiger partial charge in [0.2, 0.25) is 5.91 Å². The molecule has 2 amide bonds. The van der Waals surface area contributed by atoms with Gasteiger partial charge in [0.1, 0.15) is 0 Å². The molecule has 1 fully saturated rings. The van der Waals surface area contributed by atoms with Crippen LogP contribution in [0.2, 0.25) is 10.0 Å². The number of likely N-dealkylation sites (tertiary alicyclic amines) is 1. The van der Waals surface area contributed by atoms with Crippen molar-refractivity contribution in [1.29, 1.82) is 0 Å². The molecule has 0 atom stereocenters. The van der Waals surface area contributed by atoms with E-state index in [4.69, 9.17) is 28.9 Å². The Hall–Kier alpha value is -1.30. The highest BCUT2D eigenvalue weighted by molar-refractivity contribution is 6.35. The number of carbonyl (C=O) groups excluding carboxylic acids is 2. The Morgan fingerprint density at radius 1 is 1.26 bits per heavy atom. The number of amides is 2. The summed E-state index contributed by atoms with van der Waals surface area (Å²) in [6.45, 7) is 3.20. The van der Waals surface area contributed by atoms with Crippen LogP contribution in [0.4, 0.5) is 0 Å². The van der Waals surface area contributed by atoms with Crippen molar-refractivity contribution in [3.8, 4) is 0 Å². The third-order valence-corrected chi connectivity index (χ3v) is 4.66. The molecule has 0 bridgehead atoms. The fourth-order valence-electron chi connectivity index (χ4n) is 2.71. The highest BCUT2D eigenvalue weighted by atomic mass is 35.5. The maximum absolute atomic E-state index is 12.1. The predicted molar refractivity (Wildman–Crippen MR) is 91.8 cm³/mol. The number of nitrogens with one attached hydrogen (secondary N) is 1. The highest BCUT2D eigenvalue weighted by Gasteiger charge is 2.22. The summed E-state index contributed by atoms with van der Waals surface area (Å²) in [5.74, 6) is -0.406. The number of nitrogens with two attached hydrogens (primary N) is 1. The molecule has 1 aliphatic rings. The number of halogens is 2. The van der Waals surface area contributed by atoms with E-state index in [9.17, 15) is 9.59 Å². The fourth-order valence-corrected chi connectivity index (χ4v) is 3.09. The maximum atomic E-state index is 12.1. The summed E-state index contributed by atoms with van der Waals surface area (Å²) in [4.78, 5) is 25.5. The number of hydrogen-bond donors (Lipinski definition) is 2. The van der Waals surface area contributed by atoms with E-state index < -0.39 is 0 Å². The molecule has 0 radical (unpaired) electrons. The number of benzene rings is 1. The van der Waals surface area contributed by atoms with E-state index in [1.54, 1.807) is 18.2 Å². The van der Waals surface area contributed by atoms with Crippen molar-refractivity contribution >= 4 is 35.0 Å². The van der Waals surface area contributed by atoms with Gasteiger partial charge in [0, 0.05) is 17.5 Å². The zero-order valence-corrected chi connectivity index (χ0v) is 14.4. The molecule has 1 aromatic carbocycles. The third kappa shape index (κ3) is 5.37. The zero-order valence-electron chi connectivity index (χ0n) is 12.9. The van der Waals surface area contributed by atoms with Crippen molar-refractivity contribution in [3.05, 3.63) is 33.8 Å². The van der Waals surface area contributed by atoms with Crippen LogP contribution in [0.5, 0.6) is 0 Å². The van der Waals surface area contributed by atoms with Crippen molar-refractivity contribution < 1.29 is 9.59 Å². The molecule has 1 saturated heterocycles. The number of piperidine rings is 1. The van der Waals surface area contributed by atoms with Gasteiger partial charge in [-0.25, -0.2) is 0 Å². The van der Waals surface area contributed by atoms with Crippen LogP contribution in [0.3, 0.4) is 0 Å². The largest absolute Gasteiger partial charge is 0.369 e. The summed E-state index contributed by atoms with van der Waals surface area (Å²) >= 11 is 11.9. The van der Waals surface area contributed by atoms with E-state index in [0.29, 0.717) is 22.2 Å². The Kier molecular flexibility index (Phi) is 6.69. The van der Waals surface area contributed by atoms with E-state index in [1.807, 2.05) is 0 Å². The first-order valence-corrected chi connectivity index (χ1v) is 8.48. The molecule has 1 heterocycles. The molecule has 5 nitrogen and oxygen atoms in total. The Labute approximate surface area is 146 Å². The number of primary amides is 1. The van der Waals surface area contributed by atoms with Crippen LogP contribution in [0.1, 0.15) is 29.6 Å². The number of nitrogens with zero attached hydrogens (tertiary/aromatic N) is 1. The van der Waals surface area contributed by atoms with Crippen LogP contribution in [-0.2, 0) is 4.79 Å². The van der Waals surface area contributed by atoms with Gasteiger partial charge in [-0.15, -0.1) is 0 Å². The van der Waals surface area contributed by atoms with Gasteiger partial charge in [0.25, 0.3) is 5.91 Å². The van der Waals surface area contributed by atoms with Gasteiger partial charge < -0.3 is 16.0 Å². The molecule has 0 aliphatic carbocycles. The number of carbonyl (C=O) groups is 2. The van der Waals surface area contributed by atoms with Crippen LogP contribution in [0.25, 0.3) is 0 Å². The lowest BCUT2D eigenvalue weighted by molar-refractivity contribution is -0.123. The van der Waals surface area contributed by atoms with Crippen molar-refractivity contribution in [3.63, 3.8) is 0 Å². The Bertz CT molecular complexity index is 572. The van der Waals surface area contributed by atoms with Gasteiger partial charge in [-0.3, -0.25) is 9.59 Å². The lowest BCUT2D eigenvalue weighted by atomic mass is 9.96. The lowest BCUT2D eigenvalue weighted by Crippen LogP contribution is -2.39. The minimum atomic E-state index is -0.218. The minimum Gasteiger partial charge on any atom is -0.369 e. The molecule has 1 aliphatic heterocycles. The van der Waals surface area contributed by atoms with Gasteiger partial charge in [-0.05, 0) is 57.1 Å². The van der Waals surface area contributed by atoms with E-state index in [1.165, 1.54) is 0 Å². The van der Waals surface area contributed by atoms with Crippen LogP contribution in [-0.4, -0.2) is 42.9 Å². The van der Waals surface area contributed by atoms with Crippen LogP contribution < -0.4 is 11.1 Å². The first-order valence-electron chi connectivity index (χ1n) is 7.72. The molecule has 7 heteroatoms. The van der Waals surface area contributed by atoms with Gasteiger partial charge in [0.05, 0.1) is 10.6 Å². The maximum Gasteiger partial charge on any atom is 0.252 e. The second kappa shape index (κ2) is 8.52. The Morgan fingerprint density at radius 3 is 2.61 bits per heavy atom. The smallest absolute Gasteiger partial charge is 0.252 e. The van der Waals surface area contributed by atoms with Gasteiger partial charge >= 0.3 is 0 Å². The molecule has 2 rings (SSSR count). The normalized spacial score (nSPS) is 16.3. The zero-order chi connectivity index (χ0) is 16.8. The Balaban J connectivity index is 1.69. The van der Waals surface area contributed by atoms with E-state index in [0.717, 1.165) is 38.9 Å². The summed E-state index contributed by atoms with van der Waals surface area (Å²) in [6, 6.07) is 4.83.